The molecule has 96 valence electrons. The van der Waals surface area contributed by atoms with Gasteiger partial charge in [-0.3, -0.25) is 0 Å². The van der Waals surface area contributed by atoms with Crippen molar-refractivity contribution in [3.05, 3.63) is 29.8 Å². The molecule has 0 spiro atoms. The third kappa shape index (κ3) is 4.75. The van der Waals surface area contributed by atoms with Gasteiger partial charge in [0, 0.05) is 19.3 Å². The minimum absolute atomic E-state index is 0.199. The van der Waals surface area contributed by atoms with Crippen LogP contribution in [0.3, 0.4) is 0 Å². The lowest BCUT2D eigenvalue weighted by atomic mass is 10.0. The molecule has 0 aliphatic heterocycles. The van der Waals surface area contributed by atoms with E-state index in [1.54, 1.807) is 0 Å². The Balaban J connectivity index is 2.60. The molecular formula is C14H23NO2. The highest BCUT2D eigenvalue weighted by atomic mass is 16.3. The number of anilines is 1. The van der Waals surface area contributed by atoms with Crippen LogP contribution in [0, 0.1) is 5.92 Å². The molecular weight excluding hydrogens is 214 g/mol. The van der Waals surface area contributed by atoms with Crippen molar-refractivity contribution in [2.24, 2.45) is 5.92 Å². The number of hydrogen-bond donors (Lipinski definition) is 2. The maximum atomic E-state index is 9.37. The summed E-state index contributed by atoms with van der Waals surface area (Å²) in [7, 11) is 1.91. The number of rotatable bonds is 6. The molecule has 1 rings (SSSR count). The van der Waals surface area contributed by atoms with Crippen LogP contribution < -0.4 is 4.90 Å². The minimum Gasteiger partial charge on any atom is -0.394 e. The van der Waals surface area contributed by atoms with Gasteiger partial charge in [-0.15, -0.1) is 0 Å². The van der Waals surface area contributed by atoms with Gasteiger partial charge < -0.3 is 15.1 Å². The first kappa shape index (κ1) is 14.0. The molecule has 0 aliphatic rings. The highest BCUT2D eigenvalue weighted by Gasteiger charge is 2.07. The first-order chi connectivity index (χ1) is 8.02. The topological polar surface area (TPSA) is 43.7 Å². The second-order valence-corrected chi connectivity index (χ2v) is 4.98. The van der Waals surface area contributed by atoms with Crippen LogP contribution in [0.5, 0.6) is 0 Å². The van der Waals surface area contributed by atoms with E-state index in [1.807, 2.05) is 11.9 Å². The molecule has 1 atom stereocenters. The van der Waals surface area contributed by atoms with Crippen molar-refractivity contribution in [3.8, 4) is 0 Å². The average molecular weight is 237 g/mol. The van der Waals surface area contributed by atoms with Gasteiger partial charge in [-0.1, -0.05) is 26.0 Å². The van der Waals surface area contributed by atoms with Crippen molar-refractivity contribution >= 4 is 5.69 Å². The van der Waals surface area contributed by atoms with Gasteiger partial charge in [0.15, 0.2) is 0 Å². The second kappa shape index (κ2) is 6.62. The van der Waals surface area contributed by atoms with Crippen LogP contribution >= 0.6 is 0 Å². The molecule has 1 unspecified atom stereocenters. The van der Waals surface area contributed by atoms with Crippen LogP contribution in [0.25, 0.3) is 0 Å². The summed E-state index contributed by atoms with van der Waals surface area (Å²) in [6.45, 7) is 4.66. The molecule has 0 aliphatic carbocycles. The number of hydrogen-bond acceptors (Lipinski definition) is 3. The molecule has 0 bridgehead atoms. The molecule has 1 aromatic carbocycles. The maximum absolute atomic E-state index is 9.37. The normalized spacial score (nSPS) is 12.8. The molecule has 0 aromatic heterocycles. The van der Waals surface area contributed by atoms with Crippen molar-refractivity contribution in [3.63, 3.8) is 0 Å². The number of aliphatic hydroxyl groups excluding tert-OH is 2. The van der Waals surface area contributed by atoms with Crippen LogP contribution in [0.4, 0.5) is 5.69 Å². The summed E-state index contributed by atoms with van der Waals surface area (Å²) in [5, 5.41) is 18.2. The van der Waals surface area contributed by atoms with Crippen LogP contribution in [0.2, 0.25) is 0 Å². The SMILES string of the molecule is CC(C)Cc1ccc(N(C)CC(O)CO)cc1. The van der Waals surface area contributed by atoms with Crippen LogP contribution in [0.1, 0.15) is 19.4 Å². The quantitative estimate of drug-likeness (QED) is 0.791. The van der Waals surface area contributed by atoms with Crippen molar-refractivity contribution in [2.75, 3.05) is 25.1 Å². The van der Waals surface area contributed by atoms with E-state index >= 15 is 0 Å². The fourth-order valence-corrected chi connectivity index (χ4v) is 1.84. The Morgan fingerprint density at radius 1 is 1.18 bits per heavy atom. The Morgan fingerprint density at radius 3 is 2.24 bits per heavy atom. The molecule has 0 fully saturated rings. The zero-order valence-electron chi connectivity index (χ0n) is 10.9. The molecule has 0 amide bonds. The summed E-state index contributed by atoms with van der Waals surface area (Å²) in [6.07, 6.45) is 0.402. The Bertz CT molecular complexity index is 321. The van der Waals surface area contributed by atoms with E-state index in [2.05, 4.69) is 38.1 Å². The minimum atomic E-state index is -0.685. The average Bonchev–Trinajstić information content (AvgIpc) is 2.28. The van der Waals surface area contributed by atoms with E-state index in [1.165, 1.54) is 5.56 Å². The Hall–Kier alpha value is -1.06. The van der Waals surface area contributed by atoms with Gasteiger partial charge in [0.05, 0.1) is 12.7 Å². The second-order valence-electron chi connectivity index (χ2n) is 4.98. The summed E-state index contributed by atoms with van der Waals surface area (Å²) in [6, 6.07) is 8.36. The third-order valence-electron chi connectivity index (χ3n) is 2.72. The molecule has 2 N–H and O–H groups in total. The highest BCUT2D eigenvalue weighted by Crippen LogP contribution is 2.16. The summed E-state index contributed by atoms with van der Waals surface area (Å²) < 4.78 is 0. The van der Waals surface area contributed by atoms with Crippen LogP contribution in [0.15, 0.2) is 24.3 Å². The summed E-state index contributed by atoms with van der Waals surface area (Å²) >= 11 is 0. The molecule has 0 radical (unpaired) electrons. The van der Waals surface area contributed by atoms with Crippen molar-refractivity contribution in [2.45, 2.75) is 26.4 Å². The monoisotopic (exact) mass is 237 g/mol. The fourth-order valence-electron chi connectivity index (χ4n) is 1.84. The summed E-state index contributed by atoms with van der Waals surface area (Å²) in [5.74, 6) is 0.662. The number of benzene rings is 1. The van der Waals surface area contributed by atoms with Gasteiger partial charge in [-0.2, -0.15) is 0 Å². The van der Waals surface area contributed by atoms with E-state index in [9.17, 15) is 5.11 Å². The molecule has 3 nitrogen and oxygen atoms in total. The Kier molecular flexibility index (Phi) is 5.45. The van der Waals surface area contributed by atoms with Crippen LogP contribution in [-0.2, 0) is 6.42 Å². The lowest BCUT2D eigenvalue weighted by Crippen LogP contribution is -2.31. The van der Waals surface area contributed by atoms with Crippen molar-refractivity contribution in [1.29, 1.82) is 0 Å². The predicted molar refractivity (Wildman–Crippen MR) is 71.3 cm³/mol. The zero-order chi connectivity index (χ0) is 12.8. The standard InChI is InChI=1S/C14H23NO2/c1-11(2)8-12-4-6-13(7-5-12)15(3)9-14(17)10-16/h4-7,11,14,16-17H,8-10H2,1-3H3. The van der Waals surface area contributed by atoms with Gasteiger partial charge in [-0.25, -0.2) is 0 Å². The van der Waals surface area contributed by atoms with Crippen molar-refractivity contribution < 1.29 is 10.2 Å². The van der Waals surface area contributed by atoms with E-state index < -0.39 is 6.10 Å². The van der Waals surface area contributed by atoms with Gasteiger partial charge in [0.2, 0.25) is 0 Å². The molecule has 1 aromatic rings. The van der Waals surface area contributed by atoms with E-state index in [0.29, 0.717) is 12.5 Å². The van der Waals surface area contributed by atoms with Gasteiger partial charge in [0.25, 0.3) is 0 Å². The first-order valence-corrected chi connectivity index (χ1v) is 6.12. The molecule has 3 heteroatoms. The lowest BCUT2D eigenvalue weighted by molar-refractivity contribution is 0.101. The zero-order valence-corrected chi connectivity index (χ0v) is 10.9. The third-order valence-corrected chi connectivity index (χ3v) is 2.72. The predicted octanol–water partition coefficient (Wildman–Crippen LogP) is 1.67. The largest absolute Gasteiger partial charge is 0.394 e. The van der Waals surface area contributed by atoms with Gasteiger partial charge >= 0.3 is 0 Å². The number of aliphatic hydroxyl groups is 2. The Morgan fingerprint density at radius 2 is 1.76 bits per heavy atom. The van der Waals surface area contributed by atoms with Crippen molar-refractivity contribution in [1.82, 2.24) is 0 Å². The number of likely N-dealkylation sites (N-methyl/N-ethyl adjacent to an activating group) is 1. The van der Waals surface area contributed by atoms with E-state index in [-0.39, 0.29) is 6.61 Å². The maximum Gasteiger partial charge on any atom is 0.0945 e. The molecule has 0 heterocycles. The van der Waals surface area contributed by atoms with Gasteiger partial charge in [-0.05, 0) is 30.0 Å². The summed E-state index contributed by atoms with van der Waals surface area (Å²) in [5.41, 5.74) is 2.39. The van der Waals surface area contributed by atoms with E-state index in [0.717, 1.165) is 12.1 Å². The van der Waals surface area contributed by atoms with Crippen LogP contribution in [-0.4, -0.2) is 36.5 Å². The van der Waals surface area contributed by atoms with E-state index in [4.69, 9.17) is 5.11 Å². The molecule has 0 saturated carbocycles. The first-order valence-electron chi connectivity index (χ1n) is 6.12. The molecule has 17 heavy (non-hydrogen) atoms. The number of nitrogens with zero attached hydrogens (tertiary/aromatic N) is 1. The molecule has 0 saturated heterocycles. The fraction of sp³-hybridized carbons (Fsp3) is 0.571. The highest BCUT2D eigenvalue weighted by molar-refractivity contribution is 5.47. The Labute approximate surface area is 104 Å². The van der Waals surface area contributed by atoms with Gasteiger partial charge in [0.1, 0.15) is 0 Å². The summed E-state index contributed by atoms with van der Waals surface area (Å²) in [4.78, 5) is 1.94. The lowest BCUT2D eigenvalue weighted by Gasteiger charge is -2.22. The smallest absolute Gasteiger partial charge is 0.0945 e.